The Morgan fingerprint density at radius 2 is 2.29 bits per heavy atom. The molecule has 1 aliphatic rings. The first kappa shape index (κ1) is 14.1. The Hall–Kier alpha value is -0.920. The van der Waals surface area contributed by atoms with Gasteiger partial charge in [-0.3, -0.25) is 4.79 Å². The van der Waals surface area contributed by atoms with Crippen molar-refractivity contribution < 1.29 is 23.1 Å². The molecule has 0 saturated carbocycles. The van der Waals surface area contributed by atoms with Crippen LogP contribution in [0.1, 0.15) is 13.3 Å². The SMILES string of the molecule is COCC1=CCN(S(=O)(=O)C(C)C(=O)O)CC1. The molecule has 1 aliphatic heterocycles. The minimum Gasteiger partial charge on any atom is -0.480 e. The van der Waals surface area contributed by atoms with Crippen LogP contribution in [0.2, 0.25) is 0 Å². The van der Waals surface area contributed by atoms with E-state index in [9.17, 15) is 13.2 Å². The van der Waals surface area contributed by atoms with Crippen molar-refractivity contribution in [3.05, 3.63) is 11.6 Å². The fourth-order valence-corrected chi connectivity index (χ4v) is 2.92. The van der Waals surface area contributed by atoms with E-state index in [4.69, 9.17) is 9.84 Å². The standard InChI is InChI=1S/C10H17NO5S/c1-8(10(12)13)17(14,15)11-5-3-9(4-6-11)7-16-2/h3,8H,4-7H2,1-2H3,(H,12,13). The summed E-state index contributed by atoms with van der Waals surface area (Å²) in [6.07, 6.45) is 2.36. The molecule has 17 heavy (non-hydrogen) atoms. The van der Waals surface area contributed by atoms with Gasteiger partial charge in [-0.2, -0.15) is 4.31 Å². The lowest BCUT2D eigenvalue weighted by atomic mass is 10.1. The molecule has 0 aromatic carbocycles. The third kappa shape index (κ3) is 3.27. The fourth-order valence-electron chi connectivity index (χ4n) is 1.59. The summed E-state index contributed by atoms with van der Waals surface area (Å²) in [5.41, 5.74) is 1.04. The first-order valence-electron chi connectivity index (χ1n) is 5.28. The Labute approximate surface area is 101 Å². The monoisotopic (exact) mass is 263 g/mol. The number of nitrogens with zero attached hydrogens (tertiary/aromatic N) is 1. The molecule has 6 nitrogen and oxygen atoms in total. The number of methoxy groups -OCH3 is 1. The number of carboxylic acids is 1. The van der Waals surface area contributed by atoms with Crippen LogP contribution >= 0.6 is 0 Å². The predicted molar refractivity (Wildman–Crippen MR) is 62.2 cm³/mol. The summed E-state index contributed by atoms with van der Waals surface area (Å²) >= 11 is 0. The number of aliphatic carboxylic acids is 1. The summed E-state index contributed by atoms with van der Waals surface area (Å²) < 4.78 is 29.9. The lowest BCUT2D eigenvalue weighted by Crippen LogP contribution is -2.43. The third-order valence-electron chi connectivity index (χ3n) is 2.75. The summed E-state index contributed by atoms with van der Waals surface area (Å²) in [5, 5.41) is 7.34. The lowest BCUT2D eigenvalue weighted by molar-refractivity contribution is -0.136. The molecule has 1 N–H and O–H groups in total. The summed E-state index contributed by atoms with van der Waals surface area (Å²) in [7, 11) is -2.17. The van der Waals surface area contributed by atoms with Crippen molar-refractivity contribution in [3.8, 4) is 0 Å². The largest absolute Gasteiger partial charge is 0.480 e. The van der Waals surface area contributed by atoms with E-state index in [1.165, 1.54) is 11.2 Å². The van der Waals surface area contributed by atoms with Gasteiger partial charge in [0.05, 0.1) is 6.61 Å². The van der Waals surface area contributed by atoms with Crippen LogP contribution in [0.25, 0.3) is 0 Å². The van der Waals surface area contributed by atoms with Crippen LogP contribution in [0, 0.1) is 0 Å². The normalized spacial score (nSPS) is 19.8. The number of ether oxygens (including phenoxy) is 1. The van der Waals surface area contributed by atoms with Crippen molar-refractivity contribution in [2.45, 2.75) is 18.6 Å². The molecule has 1 atom stereocenters. The molecule has 98 valence electrons. The van der Waals surface area contributed by atoms with E-state index < -0.39 is 21.2 Å². The Bertz CT molecular complexity index is 414. The maximum absolute atomic E-state index is 11.9. The van der Waals surface area contributed by atoms with Crippen molar-refractivity contribution in [2.75, 3.05) is 26.8 Å². The van der Waals surface area contributed by atoms with Crippen LogP contribution in [0.5, 0.6) is 0 Å². The predicted octanol–water partition coefficient (Wildman–Crippen LogP) is 0.0678. The van der Waals surface area contributed by atoms with E-state index in [1.54, 1.807) is 13.2 Å². The molecular formula is C10H17NO5S. The second-order valence-corrected chi connectivity index (χ2v) is 6.18. The van der Waals surface area contributed by atoms with Crippen molar-refractivity contribution >= 4 is 16.0 Å². The van der Waals surface area contributed by atoms with Crippen molar-refractivity contribution in [1.82, 2.24) is 4.31 Å². The Balaban J connectivity index is 2.74. The second-order valence-electron chi connectivity index (χ2n) is 3.93. The molecule has 7 heteroatoms. The average molecular weight is 263 g/mol. The molecule has 0 amide bonds. The number of hydrogen-bond donors (Lipinski definition) is 1. The van der Waals surface area contributed by atoms with Gasteiger partial charge < -0.3 is 9.84 Å². The molecule has 0 saturated heterocycles. The van der Waals surface area contributed by atoms with Gasteiger partial charge in [-0.05, 0) is 18.9 Å². The van der Waals surface area contributed by atoms with Gasteiger partial charge >= 0.3 is 5.97 Å². The summed E-state index contributed by atoms with van der Waals surface area (Å²) in [6.45, 7) is 2.21. The maximum atomic E-state index is 11.9. The zero-order valence-corrected chi connectivity index (χ0v) is 10.7. The number of rotatable bonds is 5. The molecular weight excluding hydrogens is 246 g/mol. The highest BCUT2D eigenvalue weighted by molar-refractivity contribution is 7.90. The average Bonchev–Trinajstić information content (AvgIpc) is 2.29. The van der Waals surface area contributed by atoms with E-state index in [0.29, 0.717) is 19.6 Å². The van der Waals surface area contributed by atoms with Crippen LogP contribution < -0.4 is 0 Å². The summed E-state index contributed by atoms with van der Waals surface area (Å²) in [6, 6.07) is 0. The molecule has 1 unspecified atom stereocenters. The van der Waals surface area contributed by atoms with Crippen molar-refractivity contribution in [1.29, 1.82) is 0 Å². The highest BCUT2D eigenvalue weighted by Gasteiger charge is 2.34. The third-order valence-corrected chi connectivity index (χ3v) is 4.90. The topological polar surface area (TPSA) is 83.9 Å². The van der Waals surface area contributed by atoms with E-state index in [2.05, 4.69) is 0 Å². The molecule has 0 radical (unpaired) electrons. The number of sulfonamides is 1. The fraction of sp³-hybridized carbons (Fsp3) is 0.700. The smallest absolute Gasteiger partial charge is 0.323 e. The first-order valence-corrected chi connectivity index (χ1v) is 6.78. The second kappa shape index (κ2) is 5.61. The minimum absolute atomic E-state index is 0.221. The highest BCUT2D eigenvalue weighted by Crippen LogP contribution is 2.17. The summed E-state index contributed by atoms with van der Waals surface area (Å²) in [4.78, 5) is 10.7. The van der Waals surface area contributed by atoms with Crippen molar-refractivity contribution in [3.63, 3.8) is 0 Å². The molecule has 0 bridgehead atoms. The van der Waals surface area contributed by atoms with Gasteiger partial charge in [0.15, 0.2) is 5.25 Å². The van der Waals surface area contributed by atoms with E-state index in [0.717, 1.165) is 5.57 Å². The lowest BCUT2D eigenvalue weighted by Gasteiger charge is -2.27. The molecule has 0 aromatic heterocycles. The van der Waals surface area contributed by atoms with Crippen LogP contribution in [0.15, 0.2) is 11.6 Å². The van der Waals surface area contributed by atoms with Gasteiger partial charge in [-0.15, -0.1) is 0 Å². The van der Waals surface area contributed by atoms with E-state index >= 15 is 0 Å². The van der Waals surface area contributed by atoms with Gasteiger partial charge in [0.25, 0.3) is 0 Å². The number of hydrogen-bond acceptors (Lipinski definition) is 4. The summed E-state index contributed by atoms with van der Waals surface area (Å²) in [5.74, 6) is -1.32. The molecule has 0 aromatic rings. The van der Waals surface area contributed by atoms with E-state index in [-0.39, 0.29) is 6.54 Å². The van der Waals surface area contributed by atoms with Gasteiger partial charge in [-0.25, -0.2) is 8.42 Å². The van der Waals surface area contributed by atoms with Crippen LogP contribution in [-0.4, -0.2) is 55.9 Å². The van der Waals surface area contributed by atoms with Crippen LogP contribution in [0.4, 0.5) is 0 Å². The molecule has 1 heterocycles. The zero-order chi connectivity index (χ0) is 13.1. The van der Waals surface area contributed by atoms with Gasteiger partial charge in [0, 0.05) is 20.2 Å². The molecule has 0 aliphatic carbocycles. The maximum Gasteiger partial charge on any atom is 0.323 e. The number of carboxylic acid groups (broad SMARTS) is 1. The quantitative estimate of drug-likeness (QED) is 0.709. The highest BCUT2D eigenvalue weighted by atomic mass is 32.2. The van der Waals surface area contributed by atoms with Crippen LogP contribution in [-0.2, 0) is 19.6 Å². The molecule has 1 rings (SSSR count). The minimum atomic E-state index is -3.75. The Kier molecular flexibility index (Phi) is 4.67. The Morgan fingerprint density at radius 3 is 2.71 bits per heavy atom. The zero-order valence-electron chi connectivity index (χ0n) is 9.92. The number of carbonyl (C=O) groups is 1. The van der Waals surface area contributed by atoms with E-state index in [1.807, 2.05) is 0 Å². The first-order chi connectivity index (χ1) is 7.89. The molecule has 0 fully saturated rings. The molecule has 0 spiro atoms. The van der Waals surface area contributed by atoms with Gasteiger partial charge in [-0.1, -0.05) is 6.08 Å². The Morgan fingerprint density at radius 1 is 1.65 bits per heavy atom. The van der Waals surface area contributed by atoms with Gasteiger partial charge in [0.1, 0.15) is 0 Å². The van der Waals surface area contributed by atoms with Crippen LogP contribution in [0.3, 0.4) is 0 Å². The van der Waals surface area contributed by atoms with Crippen molar-refractivity contribution in [2.24, 2.45) is 0 Å². The van der Waals surface area contributed by atoms with Gasteiger partial charge in [0.2, 0.25) is 10.0 Å².